The van der Waals surface area contributed by atoms with Gasteiger partial charge >= 0.3 is 0 Å². The zero-order valence-electron chi connectivity index (χ0n) is 11.2. The quantitative estimate of drug-likeness (QED) is 0.778. The van der Waals surface area contributed by atoms with Gasteiger partial charge in [-0.1, -0.05) is 32.4 Å². The average Bonchev–Trinajstić information content (AvgIpc) is 2.66. The number of para-hydroxylation sites is 1. The smallest absolute Gasteiger partial charge is 0.0579 e. The van der Waals surface area contributed by atoms with E-state index in [2.05, 4.69) is 44.3 Å². The lowest BCUT2D eigenvalue weighted by Crippen LogP contribution is -2.25. The summed E-state index contributed by atoms with van der Waals surface area (Å²) in [4.78, 5) is 0. The van der Waals surface area contributed by atoms with Gasteiger partial charge < -0.3 is 11.1 Å². The molecule has 1 saturated carbocycles. The Morgan fingerprint density at radius 1 is 1.35 bits per heavy atom. The number of anilines is 2. The summed E-state index contributed by atoms with van der Waals surface area (Å²) in [7, 11) is 0. The highest BCUT2D eigenvalue weighted by Crippen LogP contribution is 2.36. The van der Waals surface area contributed by atoms with Crippen LogP contribution in [0.4, 0.5) is 11.4 Å². The van der Waals surface area contributed by atoms with Crippen molar-refractivity contribution in [1.29, 1.82) is 0 Å². The third-order valence-corrected chi connectivity index (χ3v) is 4.42. The Hall–Kier alpha value is -1.18. The van der Waals surface area contributed by atoms with Crippen LogP contribution in [-0.4, -0.2) is 6.04 Å². The molecule has 0 aromatic heterocycles. The normalized spacial score (nSPS) is 28.3. The van der Waals surface area contributed by atoms with Crippen molar-refractivity contribution in [3.8, 4) is 0 Å². The van der Waals surface area contributed by atoms with Crippen molar-refractivity contribution in [2.75, 3.05) is 11.1 Å². The van der Waals surface area contributed by atoms with Crippen LogP contribution < -0.4 is 11.1 Å². The monoisotopic (exact) mass is 232 g/mol. The van der Waals surface area contributed by atoms with E-state index in [0.29, 0.717) is 6.04 Å². The van der Waals surface area contributed by atoms with E-state index in [4.69, 9.17) is 5.73 Å². The molecule has 0 radical (unpaired) electrons. The Morgan fingerprint density at radius 2 is 2.12 bits per heavy atom. The van der Waals surface area contributed by atoms with Gasteiger partial charge in [0.2, 0.25) is 0 Å². The predicted octanol–water partition coefficient (Wildman–Crippen LogP) is 3.81. The zero-order chi connectivity index (χ0) is 12.4. The molecule has 3 unspecified atom stereocenters. The molecule has 17 heavy (non-hydrogen) atoms. The van der Waals surface area contributed by atoms with E-state index in [-0.39, 0.29) is 0 Å². The Kier molecular flexibility index (Phi) is 3.60. The predicted molar refractivity (Wildman–Crippen MR) is 75.2 cm³/mol. The second-order valence-electron chi connectivity index (χ2n) is 5.39. The van der Waals surface area contributed by atoms with E-state index < -0.39 is 0 Å². The maximum atomic E-state index is 6.11. The van der Waals surface area contributed by atoms with E-state index in [0.717, 1.165) is 28.8 Å². The average molecular weight is 232 g/mol. The van der Waals surface area contributed by atoms with Crippen molar-refractivity contribution in [2.45, 2.75) is 46.1 Å². The lowest BCUT2D eigenvalue weighted by atomic mass is 9.93. The van der Waals surface area contributed by atoms with Gasteiger partial charge in [-0.25, -0.2) is 0 Å². The highest BCUT2D eigenvalue weighted by molar-refractivity contribution is 5.69. The van der Waals surface area contributed by atoms with Gasteiger partial charge in [-0.05, 0) is 43.2 Å². The topological polar surface area (TPSA) is 38.0 Å². The van der Waals surface area contributed by atoms with E-state index in [1.54, 1.807) is 0 Å². The summed E-state index contributed by atoms with van der Waals surface area (Å²) < 4.78 is 0. The van der Waals surface area contributed by atoms with Gasteiger partial charge in [-0.2, -0.15) is 0 Å². The van der Waals surface area contributed by atoms with Crippen molar-refractivity contribution in [2.24, 2.45) is 11.8 Å². The number of nitrogens with two attached hydrogens (primary N) is 1. The largest absolute Gasteiger partial charge is 0.397 e. The maximum Gasteiger partial charge on any atom is 0.0579 e. The van der Waals surface area contributed by atoms with Crippen LogP contribution in [0.25, 0.3) is 0 Å². The van der Waals surface area contributed by atoms with Crippen molar-refractivity contribution < 1.29 is 0 Å². The lowest BCUT2D eigenvalue weighted by Gasteiger charge is -2.23. The second-order valence-corrected chi connectivity index (χ2v) is 5.39. The molecule has 1 aliphatic carbocycles. The van der Waals surface area contributed by atoms with Crippen molar-refractivity contribution >= 4 is 11.4 Å². The molecule has 3 atom stereocenters. The fraction of sp³-hybridized carbons (Fsp3) is 0.600. The minimum absolute atomic E-state index is 0.587. The van der Waals surface area contributed by atoms with Crippen LogP contribution in [0.1, 0.15) is 38.7 Å². The van der Waals surface area contributed by atoms with Gasteiger partial charge in [0.25, 0.3) is 0 Å². The van der Waals surface area contributed by atoms with E-state index in [9.17, 15) is 0 Å². The van der Waals surface area contributed by atoms with Gasteiger partial charge in [0.15, 0.2) is 0 Å². The van der Waals surface area contributed by atoms with Crippen molar-refractivity contribution in [3.05, 3.63) is 23.8 Å². The number of hydrogen-bond acceptors (Lipinski definition) is 2. The van der Waals surface area contributed by atoms with Crippen LogP contribution in [-0.2, 0) is 0 Å². The molecular formula is C15H24N2. The van der Waals surface area contributed by atoms with E-state index in [1.807, 2.05) is 0 Å². The standard InChI is InChI=1S/C15H24N2/c1-4-12-8-9-13(11(12)3)17-14-7-5-6-10(2)15(14)16/h5-7,11-13,17H,4,8-9,16H2,1-3H3. The summed E-state index contributed by atoms with van der Waals surface area (Å²) in [5.41, 5.74) is 9.28. The van der Waals surface area contributed by atoms with Crippen molar-refractivity contribution in [1.82, 2.24) is 0 Å². The molecule has 0 heterocycles. The molecule has 1 aromatic rings. The molecule has 2 nitrogen and oxygen atoms in total. The minimum atomic E-state index is 0.587. The third-order valence-electron chi connectivity index (χ3n) is 4.42. The number of hydrogen-bond donors (Lipinski definition) is 2. The summed E-state index contributed by atoms with van der Waals surface area (Å²) in [5.74, 6) is 1.62. The molecule has 0 bridgehead atoms. The third kappa shape index (κ3) is 2.41. The zero-order valence-corrected chi connectivity index (χ0v) is 11.2. The Balaban J connectivity index is 2.09. The van der Waals surface area contributed by atoms with Gasteiger partial charge in [0.05, 0.1) is 11.4 Å². The molecule has 0 amide bonds. The van der Waals surface area contributed by atoms with Crippen LogP contribution in [0.2, 0.25) is 0 Å². The number of aryl methyl sites for hydroxylation is 1. The van der Waals surface area contributed by atoms with Gasteiger partial charge in [0, 0.05) is 6.04 Å². The molecule has 2 rings (SSSR count). The highest BCUT2D eigenvalue weighted by atomic mass is 15.0. The van der Waals surface area contributed by atoms with Crippen LogP contribution in [0.5, 0.6) is 0 Å². The van der Waals surface area contributed by atoms with Crippen LogP contribution in [0.3, 0.4) is 0 Å². The Labute approximate surface area is 105 Å². The number of nitrogen functional groups attached to an aromatic ring is 1. The summed E-state index contributed by atoms with van der Waals surface area (Å²) in [6.45, 7) is 6.73. The lowest BCUT2D eigenvalue weighted by molar-refractivity contribution is 0.392. The fourth-order valence-electron chi connectivity index (χ4n) is 3.03. The molecule has 2 heteroatoms. The van der Waals surface area contributed by atoms with E-state index >= 15 is 0 Å². The first-order valence-electron chi connectivity index (χ1n) is 6.75. The number of rotatable bonds is 3. The first-order valence-corrected chi connectivity index (χ1v) is 6.75. The summed E-state index contributed by atoms with van der Waals surface area (Å²) in [6, 6.07) is 6.82. The fourth-order valence-corrected chi connectivity index (χ4v) is 3.03. The first-order chi connectivity index (χ1) is 8.13. The first kappa shape index (κ1) is 12.3. The van der Waals surface area contributed by atoms with Crippen LogP contribution >= 0.6 is 0 Å². The van der Waals surface area contributed by atoms with Crippen LogP contribution in [0, 0.1) is 18.8 Å². The van der Waals surface area contributed by atoms with Gasteiger partial charge in [-0.15, -0.1) is 0 Å². The molecule has 0 saturated heterocycles. The van der Waals surface area contributed by atoms with Gasteiger partial charge in [0.1, 0.15) is 0 Å². The highest BCUT2D eigenvalue weighted by Gasteiger charge is 2.31. The molecule has 3 N–H and O–H groups in total. The molecule has 0 aliphatic heterocycles. The van der Waals surface area contributed by atoms with E-state index in [1.165, 1.54) is 19.3 Å². The molecule has 0 spiro atoms. The number of benzene rings is 1. The Bertz CT molecular complexity index is 387. The summed E-state index contributed by atoms with van der Waals surface area (Å²) >= 11 is 0. The molecular weight excluding hydrogens is 208 g/mol. The maximum absolute atomic E-state index is 6.11. The SMILES string of the molecule is CCC1CCC(Nc2cccc(C)c2N)C1C. The minimum Gasteiger partial charge on any atom is -0.397 e. The molecule has 1 aromatic carbocycles. The molecule has 1 aliphatic rings. The molecule has 94 valence electrons. The Morgan fingerprint density at radius 3 is 2.76 bits per heavy atom. The summed E-state index contributed by atoms with van der Waals surface area (Å²) in [6.07, 6.45) is 3.91. The van der Waals surface area contributed by atoms with Gasteiger partial charge in [-0.3, -0.25) is 0 Å². The van der Waals surface area contributed by atoms with Crippen molar-refractivity contribution in [3.63, 3.8) is 0 Å². The molecule has 1 fully saturated rings. The van der Waals surface area contributed by atoms with Crippen LogP contribution in [0.15, 0.2) is 18.2 Å². The summed E-state index contributed by atoms with van der Waals surface area (Å²) in [5, 5.41) is 3.64. The second kappa shape index (κ2) is 4.99. The number of nitrogens with one attached hydrogen (secondary N) is 1.